The molecule has 0 heterocycles. The van der Waals surface area contributed by atoms with Gasteiger partial charge in [0.05, 0.1) is 0 Å². The topological polar surface area (TPSA) is 64.3 Å². The lowest BCUT2D eigenvalue weighted by Gasteiger charge is -2.17. The number of nitrogens with two attached hydrogens (primary N) is 1. The van der Waals surface area contributed by atoms with Gasteiger partial charge < -0.3 is 15.8 Å². The van der Waals surface area contributed by atoms with Crippen molar-refractivity contribution in [3.63, 3.8) is 0 Å². The number of benzene rings is 1. The van der Waals surface area contributed by atoms with Crippen molar-refractivity contribution in [2.45, 2.75) is 32.2 Å². The minimum Gasteiger partial charge on any atom is -0.484 e. The third-order valence-electron chi connectivity index (χ3n) is 3.22. The summed E-state index contributed by atoms with van der Waals surface area (Å²) >= 11 is 0. The Morgan fingerprint density at radius 3 is 2.61 bits per heavy atom. The molecule has 1 amide bonds. The molecule has 1 aliphatic rings. The lowest BCUT2D eigenvalue weighted by Crippen LogP contribution is -2.21. The Morgan fingerprint density at radius 2 is 2.11 bits per heavy atom. The summed E-state index contributed by atoms with van der Waals surface area (Å²) in [6.07, 6.45) is 3.82. The van der Waals surface area contributed by atoms with Gasteiger partial charge in [-0.25, -0.2) is 0 Å². The lowest BCUT2D eigenvalue weighted by molar-refractivity contribution is -0.119. The molecule has 0 bridgehead atoms. The molecule has 18 heavy (non-hydrogen) atoms. The number of carbonyl (C=O) groups excluding carboxylic acids is 1. The van der Waals surface area contributed by atoms with E-state index in [0.29, 0.717) is 11.8 Å². The van der Waals surface area contributed by atoms with Gasteiger partial charge in [-0.05, 0) is 49.4 Å². The van der Waals surface area contributed by atoms with E-state index < -0.39 is 5.91 Å². The Balaban J connectivity index is 1.88. The van der Waals surface area contributed by atoms with Gasteiger partial charge in [0.2, 0.25) is 0 Å². The van der Waals surface area contributed by atoms with Gasteiger partial charge in [-0.2, -0.15) is 0 Å². The van der Waals surface area contributed by atoms with E-state index >= 15 is 0 Å². The number of primary amides is 1. The summed E-state index contributed by atoms with van der Waals surface area (Å²) in [6.45, 7) is 2.13. The number of anilines is 1. The first-order valence-electron chi connectivity index (χ1n) is 6.46. The van der Waals surface area contributed by atoms with Crippen LogP contribution in [0.5, 0.6) is 5.75 Å². The molecule has 0 saturated heterocycles. The third kappa shape index (κ3) is 3.65. The van der Waals surface area contributed by atoms with Gasteiger partial charge in [-0.3, -0.25) is 4.79 Å². The highest BCUT2D eigenvalue weighted by atomic mass is 16.5. The van der Waals surface area contributed by atoms with E-state index in [0.717, 1.165) is 18.0 Å². The molecule has 98 valence electrons. The van der Waals surface area contributed by atoms with E-state index in [1.165, 1.54) is 12.8 Å². The Bertz CT molecular complexity index is 399. The summed E-state index contributed by atoms with van der Waals surface area (Å²) < 4.78 is 5.21. The van der Waals surface area contributed by atoms with E-state index in [1.54, 1.807) is 0 Å². The highest BCUT2D eigenvalue weighted by Crippen LogP contribution is 2.35. The van der Waals surface area contributed by atoms with Crippen LogP contribution in [0, 0.1) is 5.92 Å². The fraction of sp³-hybridized carbons (Fsp3) is 0.500. The number of hydrogen-bond donors (Lipinski definition) is 2. The molecule has 2 rings (SSSR count). The maximum absolute atomic E-state index is 10.6. The molecular weight excluding hydrogens is 228 g/mol. The molecule has 1 aliphatic carbocycles. The molecule has 1 atom stereocenters. The first kappa shape index (κ1) is 12.7. The fourth-order valence-electron chi connectivity index (χ4n) is 2.07. The van der Waals surface area contributed by atoms with E-state index in [4.69, 9.17) is 10.5 Å². The van der Waals surface area contributed by atoms with Gasteiger partial charge in [0, 0.05) is 11.7 Å². The number of amides is 1. The highest BCUT2D eigenvalue weighted by molar-refractivity contribution is 5.75. The highest BCUT2D eigenvalue weighted by Gasteiger charge is 2.29. The molecule has 0 aliphatic heterocycles. The average molecular weight is 248 g/mol. The molecule has 1 unspecified atom stereocenters. The van der Waals surface area contributed by atoms with E-state index in [1.807, 2.05) is 24.3 Å². The van der Waals surface area contributed by atoms with Gasteiger partial charge in [-0.1, -0.05) is 6.92 Å². The van der Waals surface area contributed by atoms with Crippen molar-refractivity contribution in [2.24, 2.45) is 11.7 Å². The van der Waals surface area contributed by atoms with Crippen LogP contribution in [-0.4, -0.2) is 18.6 Å². The van der Waals surface area contributed by atoms with Crippen LogP contribution in [-0.2, 0) is 4.79 Å². The Morgan fingerprint density at radius 1 is 1.44 bits per heavy atom. The van der Waals surface area contributed by atoms with Crippen LogP contribution >= 0.6 is 0 Å². The smallest absolute Gasteiger partial charge is 0.255 e. The predicted octanol–water partition coefficient (Wildman–Crippen LogP) is 2.15. The predicted molar refractivity (Wildman–Crippen MR) is 71.6 cm³/mol. The van der Waals surface area contributed by atoms with Crippen LogP contribution in [0.4, 0.5) is 5.69 Å². The molecule has 3 N–H and O–H groups in total. The van der Waals surface area contributed by atoms with Crippen molar-refractivity contribution in [2.75, 3.05) is 11.9 Å². The maximum Gasteiger partial charge on any atom is 0.255 e. The molecule has 0 radical (unpaired) electrons. The molecular formula is C14H20N2O2. The molecule has 1 aromatic rings. The second-order valence-corrected chi connectivity index (χ2v) is 4.78. The summed E-state index contributed by atoms with van der Waals surface area (Å²) in [5.41, 5.74) is 6.12. The van der Waals surface area contributed by atoms with E-state index in [2.05, 4.69) is 12.2 Å². The van der Waals surface area contributed by atoms with Crippen LogP contribution < -0.4 is 15.8 Å². The van der Waals surface area contributed by atoms with Crippen molar-refractivity contribution < 1.29 is 9.53 Å². The molecule has 1 aromatic carbocycles. The zero-order chi connectivity index (χ0) is 13.0. The standard InChI is InChI=1S/C14H20N2O2/c1-2-13(10-3-4-10)16-11-5-7-12(8-6-11)18-9-14(15)17/h5-8,10,13,16H,2-4,9H2,1H3,(H2,15,17). The average Bonchev–Trinajstić information content (AvgIpc) is 3.19. The number of carbonyl (C=O) groups is 1. The first-order chi connectivity index (χ1) is 8.69. The van der Waals surface area contributed by atoms with Gasteiger partial charge >= 0.3 is 0 Å². The number of hydrogen-bond acceptors (Lipinski definition) is 3. The molecule has 1 saturated carbocycles. The Kier molecular flexibility index (Phi) is 4.07. The van der Waals surface area contributed by atoms with Gasteiger partial charge in [0.15, 0.2) is 6.61 Å². The largest absolute Gasteiger partial charge is 0.484 e. The van der Waals surface area contributed by atoms with Crippen LogP contribution in [0.2, 0.25) is 0 Å². The van der Waals surface area contributed by atoms with Crippen molar-refractivity contribution in [1.82, 2.24) is 0 Å². The quantitative estimate of drug-likeness (QED) is 0.777. The molecule has 0 aromatic heterocycles. The van der Waals surface area contributed by atoms with Gasteiger partial charge in [0.1, 0.15) is 5.75 Å². The summed E-state index contributed by atoms with van der Waals surface area (Å²) in [5.74, 6) is 1.04. The molecule has 0 spiro atoms. The minimum atomic E-state index is -0.461. The van der Waals surface area contributed by atoms with Crippen molar-refractivity contribution >= 4 is 11.6 Å². The van der Waals surface area contributed by atoms with E-state index in [9.17, 15) is 4.79 Å². The van der Waals surface area contributed by atoms with Crippen LogP contribution in [0.15, 0.2) is 24.3 Å². The monoisotopic (exact) mass is 248 g/mol. The van der Waals surface area contributed by atoms with Crippen LogP contribution in [0.3, 0.4) is 0 Å². The van der Waals surface area contributed by atoms with Gasteiger partial charge in [0.25, 0.3) is 5.91 Å². The maximum atomic E-state index is 10.6. The van der Waals surface area contributed by atoms with Gasteiger partial charge in [-0.15, -0.1) is 0 Å². The van der Waals surface area contributed by atoms with Crippen molar-refractivity contribution in [3.8, 4) is 5.75 Å². The zero-order valence-corrected chi connectivity index (χ0v) is 10.7. The Hall–Kier alpha value is -1.71. The lowest BCUT2D eigenvalue weighted by atomic mass is 10.1. The molecule has 4 nitrogen and oxygen atoms in total. The first-order valence-corrected chi connectivity index (χ1v) is 6.46. The number of nitrogens with one attached hydrogen (secondary N) is 1. The third-order valence-corrected chi connectivity index (χ3v) is 3.22. The summed E-state index contributed by atoms with van der Waals surface area (Å²) in [6, 6.07) is 8.22. The second-order valence-electron chi connectivity index (χ2n) is 4.78. The van der Waals surface area contributed by atoms with Crippen LogP contribution in [0.25, 0.3) is 0 Å². The van der Waals surface area contributed by atoms with Crippen LogP contribution in [0.1, 0.15) is 26.2 Å². The summed E-state index contributed by atoms with van der Waals surface area (Å²) in [5, 5.41) is 3.54. The minimum absolute atomic E-state index is 0.0770. The summed E-state index contributed by atoms with van der Waals surface area (Å²) in [4.78, 5) is 10.6. The number of rotatable bonds is 7. The summed E-state index contributed by atoms with van der Waals surface area (Å²) in [7, 11) is 0. The van der Waals surface area contributed by atoms with E-state index in [-0.39, 0.29) is 6.61 Å². The molecule has 4 heteroatoms. The van der Waals surface area contributed by atoms with Crippen molar-refractivity contribution in [1.29, 1.82) is 0 Å². The number of ether oxygens (including phenoxy) is 1. The fourth-order valence-corrected chi connectivity index (χ4v) is 2.07. The van der Waals surface area contributed by atoms with Crippen molar-refractivity contribution in [3.05, 3.63) is 24.3 Å². The Labute approximate surface area is 108 Å². The normalized spacial score (nSPS) is 16.1. The zero-order valence-electron chi connectivity index (χ0n) is 10.7. The molecule has 1 fully saturated rings. The second kappa shape index (κ2) is 5.76. The SMILES string of the molecule is CCC(Nc1ccc(OCC(N)=O)cc1)C1CC1.